The van der Waals surface area contributed by atoms with Gasteiger partial charge in [-0.1, -0.05) is 0 Å². The molecule has 0 aromatic carbocycles. The molecule has 1 aliphatic rings. The lowest BCUT2D eigenvalue weighted by Crippen LogP contribution is -2.30. The van der Waals surface area contributed by atoms with Crippen LogP contribution in [0.4, 0.5) is 0 Å². The van der Waals surface area contributed by atoms with Gasteiger partial charge < -0.3 is 0 Å². The second kappa shape index (κ2) is 1.27. The predicted molar refractivity (Wildman–Crippen MR) is 33.6 cm³/mol. The Balaban J connectivity index is 2.90. The number of hydrogen-bond donors (Lipinski definition) is 1. The van der Waals surface area contributed by atoms with Crippen molar-refractivity contribution in [2.24, 2.45) is 5.14 Å². The zero-order chi connectivity index (χ0) is 6.41. The van der Waals surface area contributed by atoms with E-state index in [4.69, 9.17) is 5.14 Å². The number of nitrogens with two attached hydrogens (primary N) is 1. The van der Waals surface area contributed by atoms with Crippen LogP contribution in [0.2, 0.25) is 0 Å². The molecule has 3 nitrogen and oxygen atoms in total. The molecule has 0 radical (unpaired) electrons. The molecule has 0 heterocycles. The van der Waals surface area contributed by atoms with E-state index in [0.29, 0.717) is 0 Å². The smallest absolute Gasteiger partial charge is 0.207 e. The van der Waals surface area contributed by atoms with Gasteiger partial charge in [0.05, 0.1) is 4.65 Å². The van der Waals surface area contributed by atoms with Crippen LogP contribution in [0.3, 0.4) is 0 Å². The van der Waals surface area contributed by atoms with E-state index in [-0.39, 0.29) is 0 Å². The summed E-state index contributed by atoms with van der Waals surface area (Å²) in [4.78, 5) is 0. The molecular weight excluding hydrogens is 125 g/mol. The summed E-state index contributed by atoms with van der Waals surface area (Å²) in [6.07, 6.45) is 1.46. The Morgan fingerprint density at radius 3 is 1.88 bits per heavy atom. The first-order valence-electron chi connectivity index (χ1n) is 2.48. The van der Waals surface area contributed by atoms with E-state index in [1.54, 1.807) is 7.85 Å². The quantitative estimate of drug-likeness (QED) is 0.438. The number of sulfonamides is 1. The lowest BCUT2D eigenvalue weighted by Gasteiger charge is -2.00. The maximum Gasteiger partial charge on any atom is 0.207 e. The van der Waals surface area contributed by atoms with E-state index >= 15 is 0 Å². The average Bonchev–Trinajstić information content (AvgIpc) is 2.16. The summed E-state index contributed by atoms with van der Waals surface area (Å²) < 4.78 is 20.4. The Kier molecular flexibility index (Phi) is 0.972. The van der Waals surface area contributed by atoms with Gasteiger partial charge in [0.1, 0.15) is 7.85 Å². The van der Waals surface area contributed by atoms with Gasteiger partial charge >= 0.3 is 0 Å². The Morgan fingerprint density at radius 1 is 1.50 bits per heavy atom. The fourth-order valence-corrected chi connectivity index (χ4v) is 1.13. The molecule has 5 heteroatoms. The highest BCUT2D eigenvalue weighted by molar-refractivity contribution is 7.92. The molecule has 0 bridgehead atoms. The van der Waals surface area contributed by atoms with E-state index < -0.39 is 14.7 Å². The van der Waals surface area contributed by atoms with Crippen molar-refractivity contribution >= 4 is 17.9 Å². The first-order chi connectivity index (χ1) is 3.46. The molecule has 1 fully saturated rings. The fraction of sp³-hybridized carbons (Fsp3) is 1.00. The van der Waals surface area contributed by atoms with Crippen molar-refractivity contribution < 1.29 is 8.42 Å². The van der Waals surface area contributed by atoms with Crippen LogP contribution in [0.25, 0.3) is 0 Å². The number of rotatable bonds is 1. The molecule has 1 rings (SSSR count). The molecule has 0 aromatic rings. The van der Waals surface area contributed by atoms with Gasteiger partial charge in [0.25, 0.3) is 0 Å². The standard InChI is InChI=1S/C3H8BNO2S/c4-3(1-2-3)8(5,6)7/h1-2,4H2,(H2,5,6,7). The van der Waals surface area contributed by atoms with Crippen molar-refractivity contribution in [1.82, 2.24) is 0 Å². The van der Waals surface area contributed by atoms with E-state index in [2.05, 4.69) is 0 Å². The normalized spacial score (nSPS) is 25.1. The van der Waals surface area contributed by atoms with Crippen molar-refractivity contribution in [3.05, 3.63) is 0 Å². The number of primary sulfonamides is 1. The van der Waals surface area contributed by atoms with Crippen LogP contribution in [-0.2, 0) is 10.0 Å². The van der Waals surface area contributed by atoms with Gasteiger partial charge in [0.15, 0.2) is 0 Å². The molecule has 2 N–H and O–H groups in total. The largest absolute Gasteiger partial charge is 0.229 e. The summed E-state index contributed by atoms with van der Waals surface area (Å²) in [7, 11) is -1.56. The van der Waals surface area contributed by atoms with Crippen LogP contribution in [0, 0.1) is 0 Å². The minimum atomic E-state index is -3.23. The molecule has 0 atom stereocenters. The van der Waals surface area contributed by atoms with Crippen molar-refractivity contribution in [3.63, 3.8) is 0 Å². The maximum absolute atomic E-state index is 10.5. The van der Waals surface area contributed by atoms with Gasteiger partial charge in [-0.15, -0.1) is 0 Å². The second-order valence-electron chi connectivity index (χ2n) is 2.49. The van der Waals surface area contributed by atoms with Crippen molar-refractivity contribution in [2.75, 3.05) is 0 Å². The van der Waals surface area contributed by atoms with Gasteiger partial charge in [-0.05, 0) is 12.8 Å². The van der Waals surface area contributed by atoms with Gasteiger partial charge in [-0.3, -0.25) is 0 Å². The third-order valence-corrected chi connectivity index (χ3v) is 3.42. The highest BCUT2D eigenvalue weighted by atomic mass is 32.2. The Bertz CT molecular complexity index is 193. The molecular formula is C3H8BNO2S. The van der Waals surface area contributed by atoms with Crippen LogP contribution in [0.5, 0.6) is 0 Å². The summed E-state index contributed by atoms with van der Waals surface area (Å²) in [5.74, 6) is 0. The SMILES string of the molecule is BC1(S(N)(=O)=O)CC1. The molecule has 8 heavy (non-hydrogen) atoms. The highest BCUT2D eigenvalue weighted by Gasteiger charge is 2.47. The van der Waals surface area contributed by atoms with E-state index in [9.17, 15) is 8.42 Å². The molecule has 46 valence electrons. The van der Waals surface area contributed by atoms with Gasteiger partial charge in [0, 0.05) is 0 Å². The van der Waals surface area contributed by atoms with Gasteiger partial charge in [-0.2, -0.15) is 0 Å². The van der Waals surface area contributed by atoms with Gasteiger partial charge in [-0.25, -0.2) is 13.6 Å². The van der Waals surface area contributed by atoms with Crippen LogP contribution >= 0.6 is 0 Å². The third-order valence-electron chi connectivity index (χ3n) is 1.64. The van der Waals surface area contributed by atoms with Crippen LogP contribution in [0.1, 0.15) is 12.8 Å². The van der Waals surface area contributed by atoms with E-state index in [1.165, 1.54) is 0 Å². The van der Waals surface area contributed by atoms with Gasteiger partial charge in [0.2, 0.25) is 10.0 Å². The molecule has 0 aromatic heterocycles. The third kappa shape index (κ3) is 0.757. The molecule has 1 aliphatic carbocycles. The predicted octanol–water partition coefficient (Wildman–Crippen LogP) is -1.60. The molecule has 1 saturated carbocycles. The molecule has 0 unspecified atom stereocenters. The Hall–Kier alpha value is -0.0251. The summed E-state index contributed by atoms with van der Waals surface area (Å²) in [5.41, 5.74) is 0. The Morgan fingerprint density at radius 2 is 1.88 bits per heavy atom. The second-order valence-corrected chi connectivity index (χ2v) is 4.57. The molecule has 0 spiro atoms. The maximum atomic E-state index is 10.5. The summed E-state index contributed by atoms with van der Waals surface area (Å²) in [5, 5.41) is 4.85. The monoisotopic (exact) mass is 133 g/mol. The van der Waals surface area contributed by atoms with Crippen LogP contribution < -0.4 is 5.14 Å². The molecule has 0 amide bonds. The van der Waals surface area contributed by atoms with Crippen molar-refractivity contribution in [3.8, 4) is 0 Å². The zero-order valence-electron chi connectivity index (χ0n) is 4.72. The van der Waals surface area contributed by atoms with E-state index in [0.717, 1.165) is 12.8 Å². The highest BCUT2D eigenvalue weighted by Crippen LogP contribution is 2.37. The topological polar surface area (TPSA) is 60.2 Å². The summed E-state index contributed by atoms with van der Waals surface area (Å²) >= 11 is 0. The summed E-state index contributed by atoms with van der Waals surface area (Å²) in [6, 6.07) is 0. The van der Waals surface area contributed by atoms with Crippen LogP contribution in [0.15, 0.2) is 0 Å². The minimum Gasteiger partial charge on any atom is -0.229 e. The molecule has 0 saturated heterocycles. The Labute approximate surface area is 49.7 Å². The number of hydrogen-bond acceptors (Lipinski definition) is 2. The molecule has 0 aliphatic heterocycles. The average molecular weight is 133 g/mol. The summed E-state index contributed by atoms with van der Waals surface area (Å²) in [6.45, 7) is 0. The van der Waals surface area contributed by atoms with Crippen molar-refractivity contribution in [2.45, 2.75) is 17.5 Å². The lowest BCUT2D eigenvalue weighted by molar-refractivity contribution is 0.593. The minimum absolute atomic E-state index is 0.562. The first kappa shape index (κ1) is 6.10. The van der Waals surface area contributed by atoms with Crippen molar-refractivity contribution in [1.29, 1.82) is 0 Å². The zero-order valence-corrected chi connectivity index (χ0v) is 5.53. The first-order valence-corrected chi connectivity index (χ1v) is 4.03. The lowest BCUT2D eigenvalue weighted by atomic mass is 10.0. The van der Waals surface area contributed by atoms with Crippen LogP contribution in [-0.4, -0.2) is 20.9 Å². The van der Waals surface area contributed by atoms with E-state index in [1.807, 2.05) is 0 Å². The fourth-order valence-electron chi connectivity index (χ4n) is 0.461.